The van der Waals surface area contributed by atoms with E-state index in [-0.39, 0.29) is 18.6 Å². The molecule has 1 aliphatic heterocycles. The molecule has 0 bridgehead atoms. The van der Waals surface area contributed by atoms with Crippen molar-refractivity contribution in [3.8, 4) is 0 Å². The van der Waals surface area contributed by atoms with Crippen LogP contribution in [0.25, 0.3) is 0 Å². The van der Waals surface area contributed by atoms with E-state index in [0.717, 1.165) is 49.5 Å². The van der Waals surface area contributed by atoms with E-state index in [1.54, 1.807) is 6.07 Å². The van der Waals surface area contributed by atoms with Crippen molar-refractivity contribution in [2.75, 3.05) is 48.8 Å². The fourth-order valence-electron chi connectivity index (χ4n) is 4.65. The number of likely N-dealkylation sites (N-methyl/N-ethyl adjacent to an activating group) is 1. The Morgan fingerprint density at radius 3 is 2.43 bits per heavy atom. The van der Waals surface area contributed by atoms with E-state index in [9.17, 15) is 9.90 Å². The standard InChI is InChI=1S/C29H35N5O3/c1-33-13-15-34(16-14-33)27-12-9-22(17-26(27)32-29(36)37-19-20-5-3-2-4-6-20)28(35)31-23-10-7-21(8-11-23)24-18-25(24)30/h2-12,17,24-25,29,32,36H,13-16,18-19,30H2,1H3,(H,31,35). The second-order valence-corrected chi connectivity index (χ2v) is 9.90. The molecule has 37 heavy (non-hydrogen) atoms. The number of hydrogen-bond acceptors (Lipinski definition) is 7. The molecule has 194 valence electrons. The first-order chi connectivity index (χ1) is 18.0. The Morgan fingerprint density at radius 1 is 1.05 bits per heavy atom. The molecular weight excluding hydrogens is 466 g/mol. The number of aliphatic hydroxyl groups is 1. The summed E-state index contributed by atoms with van der Waals surface area (Å²) in [6, 6.07) is 23.3. The normalized spacial score (nSPS) is 20.4. The Hall–Kier alpha value is -3.43. The number of ether oxygens (including phenoxy) is 1. The molecule has 3 atom stereocenters. The minimum atomic E-state index is -1.23. The smallest absolute Gasteiger partial charge is 0.255 e. The number of piperazine rings is 1. The number of rotatable bonds is 9. The maximum Gasteiger partial charge on any atom is 0.255 e. The molecule has 8 nitrogen and oxygen atoms in total. The lowest BCUT2D eigenvalue weighted by molar-refractivity contribution is -0.0871. The van der Waals surface area contributed by atoms with Gasteiger partial charge in [0.25, 0.3) is 5.91 Å². The van der Waals surface area contributed by atoms with Gasteiger partial charge in [0.1, 0.15) is 0 Å². The first-order valence-corrected chi connectivity index (χ1v) is 12.8. The van der Waals surface area contributed by atoms with Gasteiger partial charge in [-0.05, 0) is 54.9 Å². The molecule has 3 unspecified atom stereocenters. The molecule has 0 spiro atoms. The molecule has 1 heterocycles. The molecule has 1 aliphatic carbocycles. The summed E-state index contributed by atoms with van der Waals surface area (Å²) in [7, 11) is 2.11. The SMILES string of the molecule is CN1CCN(c2ccc(C(=O)Nc3ccc(C4CC4N)cc3)cc2NC(O)OCc2ccccc2)CC1. The number of amides is 1. The highest BCUT2D eigenvalue weighted by molar-refractivity contribution is 6.05. The number of aliphatic hydroxyl groups excluding tert-OH is 1. The van der Waals surface area contributed by atoms with Gasteiger partial charge in [-0.2, -0.15) is 0 Å². The van der Waals surface area contributed by atoms with E-state index in [1.165, 1.54) is 5.56 Å². The van der Waals surface area contributed by atoms with Crippen molar-refractivity contribution in [2.45, 2.75) is 31.4 Å². The molecule has 2 aliphatic rings. The number of hydrogen-bond donors (Lipinski definition) is 4. The number of carbonyl (C=O) groups is 1. The van der Waals surface area contributed by atoms with Gasteiger partial charge in [-0.3, -0.25) is 4.79 Å². The summed E-state index contributed by atoms with van der Waals surface area (Å²) in [6.07, 6.45) is -0.215. The Kier molecular flexibility index (Phi) is 7.71. The Balaban J connectivity index is 1.30. The molecule has 0 radical (unpaired) electrons. The van der Waals surface area contributed by atoms with Crippen LogP contribution in [-0.4, -0.2) is 61.6 Å². The van der Waals surface area contributed by atoms with Gasteiger partial charge >= 0.3 is 0 Å². The summed E-state index contributed by atoms with van der Waals surface area (Å²) in [6.45, 7) is 3.86. The zero-order valence-electron chi connectivity index (χ0n) is 21.1. The average Bonchev–Trinajstić information content (AvgIpc) is 3.65. The molecule has 3 aromatic carbocycles. The van der Waals surface area contributed by atoms with Crippen LogP contribution in [0.4, 0.5) is 17.1 Å². The topological polar surface area (TPSA) is 103 Å². The second kappa shape index (κ2) is 11.3. The van der Waals surface area contributed by atoms with Crippen molar-refractivity contribution < 1.29 is 14.6 Å². The molecule has 1 amide bonds. The fraction of sp³-hybridized carbons (Fsp3) is 0.345. The average molecular weight is 502 g/mol. The highest BCUT2D eigenvalue weighted by Crippen LogP contribution is 2.39. The molecule has 0 aromatic heterocycles. The van der Waals surface area contributed by atoms with Crippen molar-refractivity contribution >= 4 is 23.0 Å². The second-order valence-electron chi connectivity index (χ2n) is 9.90. The van der Waals surface area contributed by atoms with Crippen LogP contribution in [-0.2, 0) is 11.3 Å². The number of anilines is 3. The predicted octanol–water partition coefficient (Wildman–Crippen LogP) is 3.41. The zero-order valence-corrected chi connectivity index (χ0v) is 21.1. The monoisotopic (exact) mass is 501 g/mol. The maximum absolute atomic E-state index is 13.1. The van der Waals surface area contributed by atoms with E-state index in [4.69, 9.17) is 10.5 Å². The number of benzene rings is 3. The Bertz CT molecular complexity index is 1200. The lowest BCUT2D eigenvalue weighted by Gasteiger charge is -2.35. The van der Waals surface area contributed by atoms with Crippen LogP contribution in [0.5, 0.6) is 0 Å². The third kappa shape index (κ3) is 6.47. The third-order valence-electron chi connectivity index (χ3n) is 7.07. The first kappa shape index (κ1) is 25.2. The van der Waals surface area contributed by atoms with Crippen LogP contribution < -0.4 is 21.3 Å². The fourth-order valence-corrected chi connectivity index (χ4v) is 4.65. The van der Waals surface area contributed by atoms with Crippen LogP contribution in [0, 0.1) is 0 Å². The van der Waals surface area contributed by atoms with Crippen molar-refractivity contribution in [3.63, 3.8) is 0 Å². The minimum absolute atomic E-state index is 0.219. The van der Waals surface area contributed by atoms with E-state index in [1.807, 2.05) is 66.7 Å². The van der Waals surface area contributed by atoms with Gasteiger partial charge in [-0.25, -0.2) is 0 Å². The summed E-state index contributed by atoms with van der Waals surface area (Å²) in [4.78, 5) is 17.6. The van der Waals surface area contributed by atoms with Gasteiger partial charge < -0.3 is 36.0 Å². The molecular formula is C29H35N5O3. The van der Waals surface area contributed by atoms with Crippen LogP contribution in [0.1, 0.15) is 33.8 Å². The highest BCUT2D eigenvalue weighted by atomic mass is 16.6. The highest BCUT2D eigenvalue weighted by Gasteiger charge is 2.34. The minimum Gasteiger partial charge on any atom is -0.367 e. The largest absolute Gasteiger partial charge is 0.367 e. The maximum atomic E-state index is 13.1. The van der Waals surface area contributed by atoms with Gasteiger partial charge in [0, 0.05) is 49.4 Å². The van der Waals surface area contributed by atoms with Crippen molar-refractivity contribution in [1.82, 2.24) is 4.90 Å². The zero-order chi connectivity index (χ0) is 25.8. The van der Waals surface area contributed by atoms with Gasteiger partial charge in [-0.15, -0.1) is 0 Å². The predicted molar refractivity (Wildman–Crippen MR) is 147 cm³/mol. The number of nitrogens with two attached hydrogens (primary N) is 1. The molecule has 5 rings (SSSR count). The first-order valence-electron chi connectivity index (χ1n) is 12.8. The van der Waals surface area contributed by atoms with Gasteiger partial charge in [0.2, 0.25) is 6.41 Å². The van der Waals surface area contributed by atoms with E-state index < -0.39 is 6.41 Å². The summed E-state index contributed by atoms with van der Waals surface area (Å²) >= 11 is 0. The van der Waals surface area contributed by atoms with Gasteiger partial charge in [-0.1, -0.05) is 42.5 Å². The summed E-state index contributed by atoms with van der Waals surface area (Å²) in [5.41, 5.74) is 10.9. The molecule has 2 fully saturated rings. The number of carbonyl (C=O) groups excluding carboxylic acids is 1. The number of nitrogens with one attached hydrogen (secondary N) is 2. The lowest BCUT2D eigenvalue weighted by atomic mass is 10.1. The molecule has 5 N–H and O–H groups in total. The number of nitrogens with zero attached hydrogens (tertiary/aromatic N) is 2. The van der Waals surface area contributed by atoms with Crippen molar-refractivity contribution in [2.24, 2.45) is 5.73 Å². The third-order valence-corrected chi connectivity index (χ3v) is 7.07. The molecule has 3 aromatic rings. The summed E-state index contributed by atoms with van der Waals surface area (Å²) in [5.74, 6) is 0.208. The van der Waals surface area contributed by atoms with Crippen LogP contribution in [0.2, 0.25) is 0 Å². The van der Waals surface area contributed by atoms with Crippen LogP contribution >= 0.6 is 0 Å². The van der Waals surface area contributed by atoms with E-state index >= 15 is 0 Å². The van der Waals surface area contributed by atoms with Crippen LogP contribution in [0.3, 0.4) is 0 Å². The van der Waals surface area contributed by atoms with E-state index in [2.05, 4.69) is 27.5 Å². The molecule has 8 heteroatoms. The van der Waals surface area contributed by atoms with Gasteiger partial charge in [0.05, 0.1) is 18.0 Å². The van der Waals surface area contributed by atoms with Crippen LogP contribution in [0.15, 0.2) is 72.8 Å². The Labute approximate surface area is 218 Å². The molecule has 1 saturated heterocycles. The van der Waals surface area contributed by atoms with E-state index in [0.29, 0.717) is 17.2 Å². The van der Waals surface area contributed by atoms with Crippen molar-refractivity contribution in [3.05, 3.63) is 89.5 Å². The quantitative estimate of drug-likeness (QED) is 0.333. The van der Waals surface area contributed by atoms with Crippen molar-refractivity contribution in [1.29, 1.82) is 0 Å². The molecule has 1 saturated carbocycles. The summed E-state index contributed by atoms with van der Waals surface area (Å²) < 4.78 is 5.64. The van der Waals surface area contributed by atoms with Gasteiger partial charge in [0.15, 0.2) is 0 Å². The summed E-state index contributed by atoms with van der Waals surface area (Å²) in [5, 5.41) is 16.7. The Morgan fingerprint density at radius 2 is 1.76 bits per heavy atom. The lowest BCUT2D eigenvalue weighted by Crippen LogP contribution is -2.44.